The average molecular weight is 213 g/mol. The van der Waals surface area contributed by atoms with Gasteiger partial charge in [-0.3, -0.25) is 9.59 Å². The number of rotatable bonds is 3. The summed E-state index contributed by atoms with van der Waals surface area (Å²) in [6, 6.07) is -0.0647. The summed E-state index contributed by atoms with van der Waals surface area (Å²) in [5.74, 6) is 0.270. The maximum Gasteiger partial charge on any atom is 0.242 e. The van der Waals surface area contributed by atoms with Gasteiger partial charge in [0.25, 0.3) is 0 Å². The molecule has 0 radical (unpaired) electrons. The maximum atomic E-state index is 11.6. The first-order valence-corrected chi connectivity index (χ1v) is 5.19. The molecule has 5 heteroatoms. The molecule has 1 aliphatic heterocycles. The second-order valence-electron chi connectivity index (χ2n) is 4.43. The van der Waals surface area contributed by atoms with Gasteiger partial charge in [0.1, 0.15) is 0 Å². The maximum absolute atomic E-state index is 11.6. The predicted molar refractivity (Wildman–Crippen MR) is 57.0 cm³/mol. The van der Waals surface area contributed by atoms with Gasteiger partial charge < -0.3 is 15.5 Å². The Hall–Kier alpha value is -1.10. The first-order chi connectivity index (χ1) is 6.91. The Morgan fingerprint density at radius 2 is 1.87 bits per heavy atom. The molecule has 1 saturated heterocycles. The third kappa shape index (κ3) is 2.92. The highest BCUT2D eigenvalue weighted by molar-refractivity contribution is 5.92. The predicted octanol–water partition coefficient (Wildman–Crippen LogP) is -0.730. The number of hydrogen-bond donors (Lipinski definition) is 1. The summed E-state index contributed by atoms with van der Waals surface area (Å²) >= 11 is 0. The minimum atomic E-state index is -0.0647. The summed E-state index contributed by atoms with van der Waals surface area (Å²) in [4.78, 5) is 26.0. The monoisotopic (exact) mass is 213 g/mol. The summed E-state index contributed by atoms with van der Waals surface area (Å²) in [7, 11) is 1.64. The largest absolute Gasteiger partial charge is 0.335 e. The van der Waals surface area contributed by atoms with Gasteiger partial charge in [-0.1, -0.05) is 13.8 Å². The molecule has 0 aromatic rings. The minimum Gasteiger partial charge on any atom is -0.335 e. The van der Waals surface area contributed by atoms with Crippen molar-refractivity contribution in [2.45, 2.75) is 19.9 Å². The Balaban J connectivity index is 2.55. The number of amides is 2. The van der Waals surface area contributed by atoms with E-state index in [2.05, 4.69) is 0 Å². The topological polar surface area (TPSA) is 66.6 Å². The van der Waals surface area contributed by atoms with Crippen LogP contribution >= 0.6 is 0 Å². The van der Waals surface area contributed by atoms with Gasteiger partial charge >= 0.3 is 0 Å². The van der Waals surface area contributed by atoms with Gasteiger partial charge in [-0.15, -0.1) is 0 Å². The highest BCUT2D eigenvalue weighted by Gasteiger charge is 2.28. The summed E-state index contributed by atoms with van der Waals surface area (Å²) in [6.07, 6.45) is 0. The molecule has 1 unspecified atom stereocenters. The van der Waals surface area contributed by atoms with Crippen molar-refractivity contribution in [3.8, 4) is 0 Å². The van der Waals surface area contributed by atoms with Crippen molar-refractivity contribution in [2.75, 3.05) is 26.7 Å². The fourth-order valence-electron chi connectivity index (χ4n) is 1.39. The van der Waals surface area contributed by atoms with E-state index in [9.17, 15) is 9.59 Å². The molecule has 0 saturated carbocycles. The molecule has 2 amide bonds. The third-order valence-corrected chi connectivity index (χ3v) is 2.76. The van der Waals surface area contributed by atoms with Crippen LogP contribution in [0.5, 0.6) is 0 Å². The van der Waals surface area contributed by atoms with Crippen LogP contribution in [-0.2, 0) is 9.59 Å². The van der Waals surface area contributed by atoms with Gasteiger partial charge in [0.05, 0.1) is 13.1 Å². The molecular weight excluding hydrogens is 194 g/mol. The molecule has 1 heterocycles. The Kier molecular flexibility index (Phi) is 3.68. The Morgan fingerprint density at radius 3 is 2.40 bits per heavy atom. The smallest absolute Gasteiger partial charge is 0.242 e. The van der Waals surface area contributed by atoms with E-state index in [1.807, 2.05) is 13.8 Å². The first-order valence-electron chi connectivity index (χ1n) is 5.19. The van der Waals surface area contributed by atoms with Crippen molar-refractivity contribution in [2.24, 2.45) is 11.7 Å². The number of hydrogen-bond acceptors (Lipinski definition) is 3. The van der Waals surface area contributed by atoms with E-state index < -0.39 is 0 Å². The lowest BCUT2D eigenvalue weighted by Gasteiger charge is -2.33. The van der Waals surface area contributed by atoms with Crippen LogP contribution in [0.3, 0.4) is 0 Å². The summed E-state index contributed by atoms with van der Waals surface area (Å²) in [6.45, 7) is 4.82. The van der Waals surface area contributed by atoms with Gasteiger partial charge in [-0.2, -0.15) is 0 Å². The molecule has 1 fully saturated rings. The van der Waals surface area contributed by atoms with E-state index >= 15 is 0 Å². The zero-order valence-corrected chi connectivity index (χ0v) is 9.56. The zero-order valence-electron chi connectivity index (χ0n) is 9.56. The Bertz CT molecular complexity index is 265. The van der Waals surface area contributed by atoms with E-state index in [0.29, 0.717) is 12.5 Å². The van der Waals surface area contributed by atoms with E-state index in [-0.39, 0.29) is 30.9 Å². The Labute approximate surface area is 90.2 Å². The van der Waals surface area contributed by atoms with Crippen molar-refractivity contribution < 1.29 is 9.59 Å². The molecule has 15 heavy (non-hydrogen) atoms. The van der Waals surface area contributed by atoms with Crippen molar-refractivity contribution in [1.82, 2.24) is 9.80 Å². The molecule has 5 nitrogen and oxygen atoms in total. The van der Waals surface area contributed by atoms with Crippen molar-refractivity contribution in [3.05, 3.63) is 0 Å². The van der Waals surface area contributed by atoms with Gasteiger partial charge in [0.15, 0.2) is 0 Å². The molecule has 0 aromatic heterocycles. The third-order valence-electron chi connectivity index (χ3n) is 2.76. The fourth-order valence-corrected chi connectivity index (χ4v) is 1.39. The van der Waals surface area contributed by atoms with E-state index in [0.717, 1.165) is 0 Å². The minimum absolute atomic E-state index is 0.0202. The summed E-state index contributed by atoms with van der Waals surface area (Å²) in [5, 5.41) is 0. The fraction of sp³-hybridized carbons (Fsp3) is 0.800. The van der Waals surface area contributed by atoms with Crippen LogP contribution in [0.4, 0.5) is 0 Å². The van der Waals surface area contributed by atoms with Gasteiger partial charge in [-0.05, 0) is 5.92 Å². The molecule has 1 aliphatic rings. The lowest BCUT2D eigenvalue weighted by atomic mass is 10.0. The van der Waals surface area contributed by atoms with E-state index in [1.54, 1.807) is 11.9 Å². The standard InChI is InChI=1S/C10H19N3O2/c1-7(2)8(11)4-13-6-9(14)12(3)5-10(13)15/h7-8H,4-6,11H2,1-3H3. The molecule has 0 aliphatic carbocycles. The zero-order chi connectivity index (χ0) is 11.6. The van der Waals surface area contributed by atoms with Crippen molar-refractivity contribution in [3.63, 3.8) is 0 Å². The summed E-state index contributed by atoms with van der Waals surface area (Å²) in [5.41, 5.74) is 5.87. The molecule has 0 spiro atoms. The average Bonchev–Trinajstić information content (AvgIpc) is 2.13. The van der Waals surface area contributed by atoms with Crippen LogP contribution < -0.4 is 5.73 Å². The molecular formula is C10H19N3O2. The molecule has 2 N–H and O–H groups in total. The molecule has 0 aromatic carbocycles. The van der Waals surface area contributed by atoms with Crippen molar-refractivity contribution in [1.29, 1.82) is 0 Å². The quantitative estimate of drug-likeness (QED) is 0.672. The number of carbonyl (C=O) groups excluding carboxylic acids is 2. The van der Waals surface area contributed by atoms with Gasteiger partial charge in [0, 0.05) is 19.6 Å². The van der Waals surface area contributed by atoms with E-state index in [1.165, 1.54) is 4.90 Å². The number of carbonyl (C=O) groups is 2. The van der Waals surface area contributed by atoms with Crippen LogP contribution in [0.2, 0.25) is 0 Å². The van der Waals surface area contributed by atoms with Crippen LogP contribution in [0.25, 0.3) is 0 Å². The number of nitrogens with two attached hydrogens (primary N) is 1. The molecule has 0 bridgehead atoms. The highest BCUT2D eigenvalue weighted by atomic mass is 16.2. The van der Waals surface area contributed by atoms with Crippen LogP contribution in [0.15, 0.2) is 0 Å². The second-order valence-corrected chi connectivity index (χ2v) is 4.43. The highest BCUT2D eigenvalue weighted by Crippen LogP contribution is 2.06. The molecule has 1 rings (SSSR count). The number of nitrogens with zero attached hydrogens (tertiary/aromatic N) is 2. The van der Waals surface area contributed by atoms with Crippen LogP contribution in [0.1, 0.15) is 13.8 Å². The van der Waals surface area contributed by atoms with Gasteiger partial charge in [-0.25, -0.2) is 0 Å². The first kappa shape index (κ1) is 12.0. The SMILES string of the molecule is CC(C)C(N)CN1CC(=O)N(C)CC1=O. The van der Waals surface area contributed by atoms with Crippen LogP contribution in [-0.4, -0.2) is 54.3 Å². The van der Waals surface area contributed by atoms with Crippen molar-refractivity contribution >= 4 is 11.8 Å². The summed E-state index contributed by atoms with van der Waals surface area (Å²) < 4.78 is 0. The Morgan fingerprint density at radius 1 is 1.27 bits per heavy atom. The normalized spacial score (nSPS) is 20.1. The molecule has 86 valence electrons. The lowest BCUT2D eigenvalue weighted by molar-refractivity contribution is -0.149. The number of likely N-dealkylation sites (N-methyl/N-ethyl adjacent to an activating group) is 1. The van der Waals surface area contributed by atoms with Gasteiger partial charge in [0.2, 0.25) is 11.8 Å². The number of piperazine rings is 1. The van der Waals surface area contributed by atoms with Crippen LogP contribution in [0, 0.1) is 5.92 Å². The second kappa shape index (κ2) is 4.61. The molecule has 1 atom stereocenters. The van der Waals surface area contributed by atoms with E-state index in [4.69, 9.17) is 5.73 Å². The lowest BCUT2D eigenvalue weighted by Crippen LogP contribution is -2.55.